The van der Waals surface area contributed by atoms with Gasteiger partial charge in [0.25, 0.3) is 0 Å². The Balaban J connectivity index is 2.44. The second-order valence-electron chi connectivity index (χ2n) is 5.07. The van der Waals surface area contributed by atoms with Crippen LogP contribution < -0.4 is 0 Å². The number of rotatable bonds is 10. The number of thioether (sulfide) groups is 2. The molecule has 0 bridgehead atoms. The van der Waals surface area contributed by atoms with Gasteiger partial charge in [-0.2, -0.15) is 0 Å². The molecule has 0 unspecified atom stereocenters. The third-order valence-corrected chi connectivity index (χ3v) is 6.07. The smallest absolute Gasteiger partial charge is 0.0542 e. The molecule has 0 saturated carbocycles. The van der Waals surface area contributed by atoms with Gasteiger partial charge in [-0.05, 0) is 43.3 Å². The average molecular weight is 297 g/mol. The summed E-state index contributed by atoms with van der Waals surface area (Å²) in [7, 11) is 0. The molecule has 19 heavy (non-hydrogen) atoms. The summed E-state index contributed by atoms with van der Waals surface area (Å²) in [5.74, 6) is 2.62. The maximum atomic E-state index is 2.29. The summed E-state index contributed by atoms with van der Waals surface area (Å²) in [5, 5.41) is 0. The van der Waals surface area contributed by atoms with Crippen LogP contribution in [-0.4, -0.2) is 16.1 Å². The van der Waals surface area contributed by atoms with Gasteiger partial charge in [0.2, 0.25) is 0 Å². The summed E-state index contributed by atoms with van der Waals surface area (Å²) in [6.45, 7) is 6.72. The Morgan fingerprint density at radius 3 is 1.89 bits per heavy atom. The van der Waals surface area contributed by atoms with Crippen LogP contribution in [0.2, 0.25) is 0 Å². The van der Waals surface area contributed by atoms with Crippen LogP contribution in [0, 0.1) is 6.92 Å². The molecule has 0 aliphatic rings. The van der Waals surface area contributed by atoms with Crippen LogP contribution in [0.25, 0.3) is 0 Å². The predicted octanol–water partition coefficient (Wildman–Crippen LogP) is 5.93. The summed E-state index contributed by atoms with van der Waals surface area (Å²) in [6, 6.07) is 9.06. The van der Waals surface area contributed by atoms with Gasteiger partial charge in [-0.15, -0.1) is 23.5 Å². The standard InChI is InChI=1S/C17H28S2/c1-4-6-12-18-17(19-13-7-5-2)14-16-10-8-15(3)9-11-16/h8-11,17H,4-7,12-14H2,1-3H3. The third kappa shape index (κ3) is 7.94. The van der Waals surface area contributed by atoms with Crippen LogP contribution in [0.4, 0.5) is 0 Å². The third-order valence-electron chi connectivity index (χ3n) is 3.13. The highest BCUT2D eigenvalue weighted by Gasteiger charge is 2.10. The maximum Gasteiger partial charge on any atom is 0.0542 e. The van der Waals surface area contributed by atoms with Gasteiger partial charge < -0.3 is 0 Å². The first-order valence-electron chi connectivity index (χ1n) is 7.55. The van der Waals surface area contributed by atoms with E-state index in [2.05, 4.69) is 68.6 Å². The Bertz CT molecular complexity index is 309. The number of unbranched alkanes of at least 4 members (excludes halogenated alkanes) is 2. The van der Waals surface area contributed by atoms with Crippen molar-refractivity contribution >= 4 is 23.5 Å². The van der Waals surface area contributed by atoms with Gasteiger partial charge in [0.15, 0.2) is 0 Å². The summed E-state index contributed by atoms with van der Waals surface area (Å²) < 4.78 is 0.737. The van der Waals surface area contributed by atoms with E-state index < -0.39 is 0 Å². The molecule has 1 aromatic rings. The lowest BCUT2D eigenvalue weighted by atomic mass is 10.1. The number of benzene rings is 1. The lowest BCUT2D eigenvalue weighted by Crippen LogP contribution is -2.05. The number of hydrogen-bond acceptors (Lipinski definition) is 2. The highest BCUT2D eigenvalue weighted by atomic mass is 32.2. The van der Waals surface area contributed by atoms with E-state index in [1.807, 2.05) is 0 Å². The number of hydrogen-bond donors (Lipinski definition) is 0. The molecule has 0 N–H and O–H groups in total. The highest BCUT2D eigenvalue weighted by molar-refractivity contribution is 8.17. The number of aryl methyl sites for hydroxylation is 1. The molecule has 0 atom stereocenters. The SMILES string of the molecule is CCCCSC(Cc1ccc(C)cc1)SCCCC. The molecule has 0 aliphatic heterocycles. The van der Waals surface area contributed by atoms with Crippen LogP contribution in [0.15, 0.2) is 24.3 Å². The van der Waals surface area contributed by atoms with Crippen LogP contribution >= 0.6 is 23.5 Å². The minimum atomic E-state index is 0.737. The van der Waals surface area contributed by atoms with E-state index in [9.17, 15) is 0 Å². The van der Waals surface area contributed by atoms with Crippen LogP contribution in [0.3, 0.4) is 0 Å². The van der Waals surface area contributed by atoms with Gasteiger partial charge in [-0.25, -0.2) is 0 Å². The van der Waals surface area contributed by atoms with Gasteiger partial charge in [0.05, 0.1) is 4.58 Å². The van der Waals surface area contributed by atoms with Crippen molar-refractivity contribution in [2.45, 2.75) is 57.5 Å². The normalized spacial score (nSPS) is 11.2. The molecule has 108 valence electrons. The lowest BCUT2D eigenvalue weighted by Gasteiger charge is -2.16. The van der Waals surface area contributed by atoms with Crippen molar-refractivity contribution in [3.8, 4) is 0 Å². The molecule has 2 heteroatoms. The zero-order chi connectivity index (χ0) is 13.9. The molecule has 0 fully saturated rings. The lowest BCUT2D eigenvalue weighted by molar-refractivity contribution is 0.890. The van der Waals surface area contributed by atoms with Crippen molar-refractivity contribution in [1.82, 2.24) is 0 Å². The summed E-state index contributed by atoms with van der Waals surface area (Å²) in [6.07, 6.45) is 6.53. The fraction of sp³-hybridized carbons (Fsp3) is 0.647. The summed E-state index contributed by atoms with van der Waals surface area (Å²) in [5.41, 5.74) is 2.85. The van der Waals surface area contributed by atoms with E-state index in [1.54, 1.807) is 0 Å². The molecule has 1 aromatic carbocycles. The first-order valence-corrected chi connectivity index (χ1v) is 9.64. The Labute approximate surface area is 128 Å². The van der Waals surface area contributed by atoms with E-state index in [1.165, 1.54) is 54.7 Å². The molecule has 0 heterocycles. The van der Waals surface area contributed by atoms with Gasteiger partial charge >= 0.3 is 0 Å². The fourth-order valence-electron chi connectivity index (χ4n) is 1.80. The topological polar surface area (TPSA) is 0 Å². The zero-order valence-electron chi connectivity index (χ0n) is 12.7. The minimum absolute atomic E-state index is 0.737. The van der Waals surface area contributed by atoms with Crippen molar-refractivity contribution in [2.75, 3.05) is 11.5 Å². The molecule has 0 amide bonds. The van der Waals surface area contributed by atoms with Crippen LogP contribution in [0.1, 0.15) is 50.7 Å². The monoisotopic (exact) mass is 296 g/mol. The minimum Gasteiger partial charge on any atom is -0.147 e. The van der Waals surface area contributed by atoms with Crippen molar-refractivity contribution in [3.05, 3.63) is 35.4 Å². The quantitative estimate of drug-likeness (QED) is 0.387. The average Bonchev–Trinajstić information content (AvgIpc) is 2.41. The molecule has 0 saturated heterocycles. The second-order valence-corrected chi connectivity index (χ2v) is 7.99. The summed E-state index contributed by atoms with van der Waals surface area (Å²) >= 11 is 4.32. The molecular weight excluding hydrogens is 268 g/mol. The van der Waals surface area contributed by atoms with Crippen LogP contribution in [0.5, 0.6) is 0 Å². The van der Waals surface area contributed by atoms with E-state index in [0.717, 1.165) is 4.58 Å². The molecule has 0 aliphatic carbocycles. The summed E-state index contributed by atoms with van der Waals surface area (Å²) in [4.78, 5) is 0. The largest absolute Gasteiger partial charge is 0.147 e. The zero-order valence-corrected chi connectivity index (χ0v) is 14.3. The Morgan fingerprint density at radius 1 is 0.895 bits per heavy atom. The molecule has 0 aromatic heterocycles. The van der Waals surface area contributed by atoms with Crippen LogP contribution in [-0.2, 0) is 6.42 Å². The van der Waals surface area contributed by atoms with Crippen molar-refractivity contribution in [1.29, 1.82) is 0 Å². The second kappa shape index (κ2) is 10.7. The highest BCUT2D eigenvalue weighted by Crippen LogP contribution is 2.29. The Hall–Kier alpha value is -0.0800. The Morgan fingerprint density at radius 2 is 1.42 bits per heavy atom. The van der Waals surface area contributed by atoms with E-state index >= 15 is 0 Å². The predicted molar refractivity (Wildman–Crippen MR) is 93.4 cm³/mol. The van der Waals surface area contributed by atoms with E-state index in [-0.39, 0.29) is 0 Å². The Kier molecular flexibility index (Phi) is 9.54. The van der Waals surface area contributed by atoms with Crippen molar-refractivity contribution < 1.29 is 0 Å². The first-order chi connectivity index (χ1) is 9.26. The van der Waals surface area contributed by atoms with Gasteiger partial charge in [-0.3, -0.25) is 0 Å². The van der Waals surface area contributed by atoms with Gasteiger partial charge in [0, 0.05) is 0 Å². The van der Waals surface area contributed by atoms with Crippen molar-refractivity contribution in [3.63, 3.8) is 0 Å². The first kappa shape index (κ1) is 17.0. The molecule has 0 spiro atoms. The van der Waals surface area contributed by atoms with Gasteiger partial charge in [0.1, 0.15) is 0 Å². The van der Waals surface area contributed by atoms with Gasteiger partial charge in [-0.1, -0.05) is 56.5 Å². The van der Waals surface area contributed by atoms with E-state index in [4.69, 9.17) is 0 Å². The molecule has 0 radical (unpaired) electrons. The molecule has 0 nitrogen and oxygen atoms in total. The molecular formula is C17H28S2. The van der Waals surface area contributed by atoms with Crippen molar-refractivity contribution in [2.24, 2.45) is 0 Å². The van der Waals surface area contributed by atoms with E-state index in [0.29, 0.717) is 0 Å². The molecule has 1 rings (SSSR count). The maximum absolute atomic E-state index is 2.29. The fourth-order valence-corrected chi connectivity index (χ4v) is 4.82.